The quantitative estimate of drug-likeness (QED) is 0.619. The molecule has 0 radical (unpaired) electrons. The van der Waals surface area contributed by atoms with Crippen LogP contribution in [0.4, 0.5) is 11.5 Å². The van der Waals surface area contributed by atoms with Crippen LogP contribution in [0.2, 0.25) is 5.02 Å². The van der Waals surface area contributed by atoms with Crippen molar-refractivity contribution in [2.45, 2.75) is 38.5 Å². The Morgan fingerprint density at radius 1 is 1.12 bits per heavy atom. The van der Waals surface area contributed by atoms with E-state index >= 15 is 0 Å². The maximum atomic E-state index is 13.0. The van der Waals surface area contributed by atoms with E-state index in [1.165, 1.54) is 0 Å². The highest BCUT2D eigenvalue weighted by molar-refractivity contribution is 6.30. The molecule has 32 heavy (non-hydrogen) atoms. The number of Topliss-reactive ketones (excluding diaryl/α,β-unsaturated/α-hetero) is 1. The molecular formula is C24H24ClN5O2. The van der Waals surface area contributed by atoms with Gasteiger partial charge in [-0.15, -0.1) is 0 Å². The van der Waals surface area contributed by atoms with Crippen LogP contribution in [0.3, 0.4) is 0 Å². The lowest BCUT2D eigenvalue weighted by Gasteiger charge is -2.29. The molecule has 1 N–H and O–H groups in total. The smallest absolute Gasteiger partial charge is 0.259 e. The van der Waals surface area contributed by atoms with Crippen LogP contribution in [0, 0.1) is 6.92 Å². The third kappa shape index (κ3) is 4.12. The maximum Gasteiger partial charge on any atom is 0.259 e. The summed E-state index contributed by atoms with van der Waals surface area (Å²) in [5.41, 5.74) is 3.92. The van der Waals surface area contributed by atoms with Crippen molar-refractivity contribution in [3.8, 4) is 5.69 Å². The van der Waals surface area contributed by atoms with Gasteiger partial charge < -0.3 is 10.2 Å². The Kier molecular flexibility index (Phi) is 5.43. The van der Waals surface area contributed by atoms with Crippen molar-refractivity contribution < 1.29 is 9.59 Å². The number of aromatic nitrogens is 3. The molecule has 1 amide bonds. The molecule has 1 aliphatic carbocycles. The first kappa shape index (κ1) is 20.7. The van der Waals surface area contributed by atoms with Gasteiger partial charge in [0.1, 0.15) is 11.6 Å². The normalized spacial score (nSPS) is 16.3. The summed E-state index contributed by atoms with van der Waals surface area (Å²) in [5, 5.41) is 8.01. The summed E-state index contributed by atoms with van der Waals surface area (Å²) in [6.07, 6.45) is 6.68. The minimum atomic E-state index is -0.220. The number of anilines is 2. The molecule has 3 heterocycles. The zero-order valence-corrected chi connectivity index (χ0v) is 18.6. The molecule has 0 atom stereocenters. The number of nitrogens with one attached hydrogen (secondary N) is 1. The molecule has 1 saturated heterocycles. The van der Waals surface area contributed by atoms with Gasteiger partial charge in [-0.3, -0.25) is 9.59 Å². The Morgan fingerprint density at radius 2 is 1.84 bits per heavy atom. The fraction of sp³-hybridized carbons (Fsp3) is 0.333. The van der Waals surface area contributed by atoms with Crippen LogP contribution in [0.5, 0.6) is 0 Å². The van der Waals surface area contributed by atoms with Gasteiger partial charge in [-0.2, -0.15) is 5.10 Å². The minimum Gasteiger partial charge on any atom is -0.355 e. The number of benzene rings is 1. The molecule has 2 aromatic heterocycles. The number of carbonyl (C=O) groups excluding carboxylic acids is 2. The van der Waals surface area contributed by atoms with Crippen molar-refractivity contribution >= 4 is 34.8 Å². The van der Waals surface area contributed by atoms with Crippen molar-refractivity contribution in [1.29, 1.82) is 0 Å². The van der Waals surface area contributed by atoms with E-state index in [0.717, 1.165) is 35.6 Å². The van der Waals surface area contributed by atoms with Gasteiger partial charge >= 0.3 is 0 Å². The standard InChI is InChI=1S/C24H24ClN5O2/c1-15-22(14-27-30(15)19-6-4-17(25)5-7-19)24(32)28-18-12-21(16-2-3-16)23(26-13-18)29-10-8-20(31)9-11-29/h4-7,12-14,16H,2-3,8-11H2,1H3,(H,28,32). The van der Waals surface area contributed by atoms with Crippen LogP contribution >= 0.6 is 11.6 Å². The SMILES string of the molecule is Cc1c(C(=O)Nc2cnc(N3CCC(=O)CC3)c(C3CC3)c2)cnn1-c1ccc(Cl)cc1. The van der Waals surface area contributed by atoms with Crippen LogP contribution < -0.4 is 10.2 Å². The number of nitrogens with zero attached hydrogens (tertiary/aromatic N) is 4. The number of halogens is 1. The van der Waals surface area contributed by atoms with E-state index in [-0.39, 0.29) is 5.91 Å². The van der Waals surface area contributed by atoms with Crippen LogP contribution in [0.15, 0.2) is 42.7 Å². The number of hydrogen-bond donors (Lipinski definition) is 1. The predicted octanol–water partition coefficient (Wildman–Crippen LogP) is 4.53. The predicted molar refractivity (Wildman–Crippen MR) is 124 cm³/mol. The third-order valence-electron chi connectivity index (χ3n) is 6.12. The number of ketones is 1. The topological polar surface area (TPSA) is 80.1 Å². The monoisotopic (exact) mass is 449 g/mol. The number of hydrogen-bond acceptors (Lipinski definition) is 5. The van der Waals surface area contributed by atoms with E-state index in [4.69, 9.17) is 11.6 Å². The molecule has 2 aliphatic rings. The van der Waals surface area contributed by atoms with Gasteiger partial charge in [-0.25, -0.2) is 9.67 Å². The van der Waals surface area contributed by atoms with Crippen LogP contribution in [-0.4, -0.2) is 39.5 Å². The first-order valence-electron chi connectivity index (χ1n) is 10.9. The molecule has 0 unspecified atom stereocenters. The molecule has 1 aliphatic heterocycles. The molecule has 1 saturated carbocycles. The van der Waals surface area contributed by atoms with Crippen molar-refractivity contribution in [1.82, 2.24) is 14.8 Å². The molecular weight excluding hydrogens is 426 g/mol. The lowest BCUT2D eigenvalue weighted by atomic mass is 10.1. The highest BCUT2D eigenvalue weighted by Crippen LogP contribution is 2.44. The number of rotatable bonds is 5. The van der Waals surface area contributed by atoms with Gasteiger partial charge in [0.25, 0.3) is 5.91 Å². The highest BCUT2D eigenvalue weighted by Gasteiger charge is 2.30. The summed E-state index contributed by atoms with van der Waals surface area (Å²) in [6, 6.07) is 9.35. The lowest BCUT2D eigenvalue weighted by Crippen LogP contribution is -2.35. The average molecular weight is 450 g/mol. The zero-order chi connectivity index (χ0) is 22.2. The fourth-order valence-corrected chi connectivity index (χ4v) is 4.27. The molecule has 7 nitrogen and oxygen atoms in total. The first-order chi connectivity index (χ1) is 15.5. The van der Waals surface area contributed by atoms with E-state index in [1.54, 1.807) is 29.2 Å². The van der Waals surface area contributed by atoms with Crippen molar-refractivity contribution in [3.05, 3.63) is 64.6 Å². The van der Waals surface area contributed by atoms with E-state index in [0.29, 0.717) is 53.9 Å². The Labute approximate surface area is 191 Å². The minimum absolute atomic E-state index is 0.220. The molecule has 0 spiro atoms. The second kappa shape index (κ2) is 8.39. The van der Waals surface area contributed by atoms with Gasteiger partial charge in [0.15, 0.2) is 0 Å². The molecule has 5 rings (SSSR count). The van der Waals surface area contributed by atoms with Crippen LogP contribution in [-0.2, 0) is 4.79 Å². The molecule has 164 valence electrons. The summed E-state index contributed by atoms with van der Waals surface area (Å²) in [6.45, 7) is 3.28. The molecule has 3 aromatic rings. The summed E-state index contributed by atoms with van der Waals surface area (Å²) in [7, 11) is 0. The fourth-order valence-electron chi connectivity index (χ4n) is 4.14. The second-order valence-corrected chi connectivity index (χ2v) is 8.86. The second-order valence-electron chi connectivity index (χ2n) is 8.42. The Balaban J connectivity index is 1.36. The van der Waals surface area contributed by atoms with Gasteiger partial charge in [0, 0.05) is 31.0 Å². The van der Waals surface area contributed by atoms with E-state index in [2.05, 4.69) is 20.3 Å². The van der Waals surface area contributed by atoms with E-state index < -0.39 is 0 Å². The van der Waals surface area contributed by atoms with Gasteiger partial charge in [-0.05, 0) is 61.6 Å². The van der Waals surface area contributed by atoms with Crippen molar-refractivity contribution in [2.75, 3.05) is 23.3 Å². The third-order valence-corrected chi connectivity index (χ3v) is 6.37. The summed E-state index contributed by atoms with van der Waals surface area (Å²) in [5.74, 6) is 1.52. The largest absolute Gasteiger partial charge is 0.355 e. The average Bonchev–Trinajstić information content (AvgIpc) is 3.57. The number of carbonyl (C=O) groups is 2. The summed E-state index contributed by atoms with van der Waals surface area (Å²) in [4.78, 5) is 31.5. The van der Waals surface area contributed by atoms with Crippen LogP contribution in [0.1, 0.15) is 53.2 Å². The van der Waals surface area contributed by atoms with Crippen molar-refractivity contribution in [2.24, 2.45) is 0 Å². The molecule has 0 bridgehead atoms. The Hall–Kier alpha value is -3.19. The van der Waals surface area contributed by atoms with Gasteiger partial charge in [-0.1, -0.05) is 11.6 Å². The number of amides is 1. The molecule has 1 aromatic carbocycles. The van der Waals surface area contributed by atoms with Gasteiger partial charge in [0.2, 0.25) is 0 Å². The van der Waals surface area contributed by atoms with Crippen LogP contribution in [0.25, 0.3) is 5.69 Å². The molecule has 2 fully saturated rings. The maximum absolute atomic E-state index is 13.0. The number of pyridine rings is 1. The van der Waals surface area contributed by atoms with E-state index in [9.17, 15) is 9.59 Å². The highest BCUT2D eigenvalue weighted by atomic mass is 35.5. The molecule has 8 heteroatoms. The summed E-state index contributed by atoms with van der Waals surface area (Å²) >= 11 is 5.97. The zero-order valence-electron chi connectivity index (χ0n) is 17.8. The van der Waals surface area contributed by atoms with Gasteiger partial charge in [0.05, 0.1) is 35.0 Å². The lowest BCUT2D eigenvalue weighted by molar-refractivity contribution is -0.119. The summed E-state index contributed by atoms with van der Waals surface area (Å²) < 4.78 is 1.72. The van der Waals surface area contributed by atoms with Crippen molar-refractivity contribution in [3.63, 3.8) is 0 Å². The Morgan fingerprint density at radius 3 is 2.53 bits per heavy atom. The van der Waals surface area contributed by atoms with E-state index in [1.807, 2.05) is 25.1 Å². The number of piperidine rings is 1. The first-order valence-corrected chi connectivity index (χ1v) is 11.3. The Bertz CT molecular complexity index is 1170.